The Kier molecular flexibility index (Phi) is 11.3. The number of nitrogen functional groups attached to an aromatic ring is 1. The molecule has 11 nitrogen and oxygen atoms in total. The van der Waals surface area contributed by atoms with E-state index in [1.807, 2.05) is 12.1 Å². The van der Waals surface area contributed by atoms with Crippen LogP contribution >= 0.6 is 28.3 Å². The maximum Gasteiger partial charge on any atom is 0.355 e. The number of hydrogen-bond donors (Lipinski definition) is 1. The third-order valence-electron chi connectivity index (χ3n) is 7.54. The third-order valence-corrected chi connectivity index (χ3v) is 8.32. The van der Waals surface area contributed by atoms with Crippen molar-refractivity contribution in [1.29, 1.82) is 0 Å². The van der Waals surface area contributed by atoms with E-state index in [0.717, 1.165) is 5.56 Å². The van der Waals surface area contributed by atoms with Gasteiger partial charge in [-0.2, -0.15) is 0 Å². The number of ether oxygens (including phenoxy) is 7. The van der Waals surface area contributed by atoms with Crippen LogP contribution in [0.25, 0.3) is 27.6 Å². The quantitative estimate of drug-likeness (QED) is 0.114. The molecule has 2 N–H and O–H groups in total. The van der Waals surface area contributed by atoms with Gasteiger partial charge in [0.25, 0.3) is 5.56 Å². The molecule has 4 aromatic carbocycles. The van der Waals surface area contributed by atoms with Crippen molar-refractivity contribution >= 4 is 50.8 Å². The van der Waals surface area contributed by atoms with E-state index in [1.54, 1.807) is 68.8 Å². The predicted octanol–water partition coefficient (Wildman–Crippen LogP) is 6.83. The largest absolute Gasteiger partial charge is 0.497 e. The molecule has 13 heteroatoms. The molecule has 0 aliphatic carbocycles. The maximum atomic E-state index is 14.5. The molecule has 252 valence electrons. The highest BCUT2D eigenvalue weighted by Crippen LogP contribution is 2.44. The third kappa shape index (κ3) is 6.80. The molecule has 0 bridgehead atoms. The summed E-state index contributed by atoms with van der Waals surface area (Å²) in [6.07, 6.45) is 0. The topological polar surface area (TPSA) is 130 Å². The molecule has 0 fully saturated rings. The molecule has 0 amide bonds. The first-order valence-corrected chi connectivity index (χ1v) is 15.0. The highest BCUT2D eigenvalue weighted by Gasteiger charge is 2.28. The number of nitrogens with two attached hydrogens (primary N) is 1. The summed E-state index contributed by atoms with van der Waals surface area (Å²) < 4.78 is 41.2. The number of esters is 1. The first-order chi connectivity index (χ1) is 22.7. The lowest BCUT2D eigenvalue weighted by Crippen LogP contribution is -2.27. The van der Waals surface area contributed by atoms with E-state index in [1.165, 1.54) is 33.0 Å². The summed E-state index contributed by atoms with van der Waals surface area (Å²) in [4.78, 5) is 28.1. The van der Waals surface area contributed by atoms with Gasteiger partial charge in [-0.05, 0) is 87.7 Å². The highest BCUT2D eigenvalue weighted by molar-refractivity contribution is 9.10. The Morgan fingerprint density at radius 3 is 1.81 bits per heavy atom. The summed E-state index contributed by atoms with van der Waals surface area (Å²) in [5.74, 6) is 1.95. The number of anilines is 1. The average molecular weight is 742 g/mol. The number of hydrogen-bond acceptors (Lipinski definition) is 10. The summed E-state index contributed by atoms with van der Waals surface area (Å²) >= 11 is 3.51. The molecule has 0 saturated heterocycles. The summed E-state index contributed by atoms with van der Waals surface area (Å²) in [6.45, 7) is 0.107. The number of methoxy groups -OCH3 is 6. The number of fused-ring (bicyclic) bond motifs is 1. The van der Waals surface area contributed by atoms with E-state index in [0.29, 0.717) is 66.9 Å². The van der Waals surface area contributed by atoms with Crippen molar-refractivity contribution < 1.29 is 38.0 Å². The molecule has 0 saturated carbocycles. The molecule has 1 heterocycles. The fourth-order valence-electron chi connectivity index (χ4n) is 5.25. The molecule has 0 aliphatic heterocycles. The van der Waals surface area contributed by atoms with Gasteiger partial charge in [-0.3, -0.25) is 9.36 Å². The fourth-order valence-corrected chi connectivity index (χ4v) is 5.81. The molecule has 1 aromatic heterocycles. The molecule has 5 rings (SSSR count). The number of benzene rings is 4. The van der Waals surface area contributed by atoms with E-state index in [4.69, 9.17) is 38.9 Å². The smallest absolute Gasteiger partial charge is 0.355 e. The average Bonchev–Trinajstić information content (AvgIpc) is 3.10. The number of carbonyl (C=O) groups excluding carboxylic acids is 1. The number of rotatable bonds is 11. The van der Waals surface area contributed by atoms with Gasteiger partial charge in [-0.1, -0.05) is 0 Å². The van der Waals surface area contributed by atoms with Crippen molar-refractivity contribution in [2.24, 2.45) is 0 Å². The van der Waals surface area contributed by atoms with Gasteiger partial charge in [-0.25, -0.2) is 4.79 Å². The second kappa shape index (κ2) is 15.2. The highest BCUT2D eigenvalue weighted by atomic mass is 79.9. The minimum Gasteiger partial charge on any atom is -0.497 e. The molecule has 5 aromatic rings. The van der Waals surface area contributed by atoms with Crippen molar-refractivity contribution in [3.8, 4) is 51.3 Å². The van der Waals surface area contributed by atoms with Crippen LogP contribution in [-0.4, -0.2) is 53.2 Å². The van der Waals surface area contributed by atoms with Crippen LogP contribution in [0.2, 0.25) is 0 Å². The molecule has 0 aliphatic rings. The second-order valence-electron chi connectivity index (χ2n) is 10.2. The van der Waals surface area contributed by atoms with Crippen LogP contribution in [0.4, 0.5) is 5.69 Å². The van der Waals surface area contributed by atoms with Gasteiger partial charge in [0.2, 0.25) is 0 Å². The lowest BCUT2D eigenvalue weighted by Gasteiger charge is -2.21. The van der Waals surface area contributed by atoms with Crippen molar-refractivity contribution in [3.05, 3.63) is 92.8 Å². The number of carbonyl (C=O) groups is 1. The molecule has 48 heavy (non-hydrogen) atoms. The Bertz CT molecular complexity index is 1980. The Hall–Kier alpha value is -5.07. The molecular weight excluding hydrogens is 708 g/mol. The number of nitrogens with zero attached hydrogens (tertiary/aromatic N) is 1. The van der Waals surface area contributed by atoms with Gasteiger partial charge < -0.3 is 38.9 Å². The van der Waals surface area contributed by atoms with E-state index in [2.05, 4.69) is 15.9 Å². The van der Waals surface area contributed by atoms with Crippen LogP contribution in [-0.2, 0) is 11.3 Å². The van der Waals surface area contributed by atoms with Gasteiger partial charge in [0.05, 0.1) is 48.0 Å². The minimum absolute atomic E-state index is 0. The van der Waals surface area contributed by atoms with Crippen LogP contribution in [0.3, 0.4) is 0 Å². The van der Waals surface area contributed by atoms with Gasteiger partial charge >= 0.3 is 5.97 Å². The zero-order valence-corrected chi connectivity index (χ0v) is 29.4. The summed E-state index contributed by atoms with van der Waals surface area (Å²) in [5.41, 5.74) is 7.96. The number of pyridine rings is 1. The molecule has 0 spiro atoms. The molecule has 0 radical (unpaired) electrons. The second-order valence-corrected chi connectivity index (χ2v) is 11.0. The normalized spacial score (nSPS) is 10.6. The van der Waals surface area contributed by atoms with E-state index >= 15 is 0 Å². The SMILES string of the molecule is COC(=O)c1c(-c2cc(OC)c(Br)c(OC)c2)c2cc(OC)c(OCc3cc(OC)cc(OC)c3)cc2c(=O)n1-c1ccc(N)cc1.Cl. The van der Waals surface area contributed by atoms with Crippen LogP contribution in [0.5, 0.6) is 34.5 Å². The lowest BCUT2D eigenvalue weighted by atomic mass is 9.95. The van der Waals surface area contributed by atoms with Crippen LogP contribution in [0.1, 0.15) is 16.1 Å². The van der Waals surface area contributed by atoms with Gasteiger partial charge in [0, 0.05) is 28.4 Å². The van der Waals surface area contributed by atoms with Crippen molar-refractivity contribution in [1.82, 2.24) is 4.57 Å². The van der Waals surface area contributed by atoms with Gasteiger partial charge in [-0.15, -0.1) is 12.4 Å². The first kappa shape index (κ1) is 35.8. The molecule has 0 unspecified atom stereocenters. The standard InChI is InChI=1S/C35H33BrN2O9.ClH/c1-41-23-11-19(12-24(15-23)42-2)18-47-28-17-26-25(16-27(28)43-3)31(20-13-29(44-4)32(36)30(14-20)45-5)33(35(40)46-6)38(34(26)39)22-9-7-21(37)8-10-22;/h7-17H,18,37H2,1-6H3;1H. The zero-order chi connectivity index (χ0) is 33.8. The Labute approximate surface area is 291 Å². The fraction of sp³-hybridized carbons (Fsp3) is 0.200. The summed E-state index contributed by atoms with van der Waals surface area (Å²) in [5, 5.41) is 0.644. The Balaban J connectivity index is 0.00000520. The monoisotopic (exact) mass is 740 g/mol. The maximum absolute atomic E-state index is 14.5. The summed E-state index contributed by atoms with van der Waals surface area (Å²) in [6, 6.07) is 18.7. The Morgan fingerprint density at radius 2 is 1.29 bits per heavy atom. The summed E-state index contributed by atoms with van der Waals surface area (Å²) in [7, 11) is 8.90. The number of aromatic nitrogens is 1. The molecular formula is C35H34BrClN2O9. The van der Waals surface area contributed by atoms with E-state index in [-0.39, 0.29) is 30.1 Å². The Morgan fingerprint density at radius 1 is 0.729 bits per heavy atom. The van der Waals surface area contributed by atoms with Crippen LogP contribution in [0, 0.1) is 0 Å². The van der Waals surface area contributed by atoms with E-state index < -0.39 is 11.5 Å². The van der Waals surface area contributed by atoms with Gasteiger partial charge in [0.1, 0.15) is 39.8 Å². The van der Waals surface area contributed by atoms with Crippen molar-refractivity contribution in [3.63, 3.8) is 0 Å². The lowest BCUT2D eigenvalue weighted by molar-refractivity contribution is 0.0591. The predicted molar refractivity (Wildman–Crippen MR) is 189 cm³/mol. The van der Waals surface area contributed by atoms with Crippen LogP contribution < -0.4 is 39.7 Å². The minimum atomic E-state index is -0.747. The first-order valence-electron chi connectivity index (χ1n) is 14.2. The van der Waals surface area contributed by atoms with Crippen molar-refractivity contribution in [2.75, 3.05) is 48.4 Å². The van der Waals surface area contributed by atoms with Crippen LogP contribution in [0.15, 0.2) is 76.0 Å². The van der Waals surface area contributed by atoms with Crippen molar-refractivity contribution in [2.45, 2.75) is 6.61 Å². The van der Waals surface area contributed by atoms with E-state index in [9.17, 15) is 9.59 Å². The molecule has 0 atom stereocenters. The van der Waals surface area contributed by atoms with Gasteiger partial charge in [0.15, 0.2) is 11.5 Å². The zero-order valence-electron chi connectivity index (χ0n) is 27.0. The number of halogens is 2.